The number of benzene rings is 1. The number of alkyl halides is 3. The van der Waals surface area contributed by atoms with Crippen LogP contribution in [0.15, 0.2) is 12.1 Å². The molecule has 96 valence electrons. The molecule has 18 heavy (non-hydrogen) atoms. The molecule has 0 atom stereocenters. The molecular weight excluding hydrogens is 255 g/mol. The normalized spacial score (nSPS) is 10.6. The van der Waals surface area contributed by atoms with E-state index >= 15 is 0 Å². The van der Waals surface area contributed by atoms with Crippen molar-refractivity contribution in [2.24, 2.45) is 0 Å². The van der Waals surface area contributed by atoms with Crippen LogP contribution in [-0.4, -0.2) is 24.5 Å². The first-order valence-corrected chi connectivity index (χ1v) is 4.40. The standard InChI is InChI=1S/C10H6F3NO4/c1-17-9(16)8-5(4-14)7(3-2-6(8)15)18-10(11,12)13/h2-3,15H,1H3. The van der Waals surface area contributed by atoms with E-state index in [0.29, 0.717) is 0 Å². The van der Waals surface area contributed by atoms with Gasteiger partial charge in [-0.3, -0.25) is 0 Å². The summed E-state index contributed by atoms with van der Waals surface area (Å²) in [6.45, 7) is 0. The maximum Gasteiger partial charge on any atom is 0.573 e. The van der Waals surface area contributed by atoms with Crippen molar-refractivity contribution < 1.29 is 32.5 Å². The fraction of sp³-hybridized carbons (Fsp3) is 0.200. The SMILES string of the molecule is COC(=O)c1c(O)ccc(OC(F)(F)F)c1C#N. The average Bonchev–Trinajstić information content (AvgIpc) is 2.28. The number of nitriles is 1. The Bertz CT molecular complexity index is 519. The maximum atomic E-state index is 12.1. The molecule has 0 heterocycles. The van der Waals surface area contributed by atoms with Gasteiger partial charge in [-0.05, 0) is 12.1 Å². The molecule has 0 aliphatic heterocycles. The lowest BCUT2D eigenvalue weighted by molar-refractivity contribution is -0.274. The number of nitrogens with zero attached hydrogens (tertiary/aromatic N) is 1. The molecule has 1 aromatic carbocycles. The van der Waals surface area contributed by atoms with Gasteiger partial charge in [0.2, 0.25) is 0 Å². The van der Waals surface area contributed by atoms with Gasteiger partial charge in [-0.15, -0.1) is 13.2 Å². The molecule has 0 aliphatic carbocycles. The molecular formula is C10H6F3NO4. The van der Waals surface area contributed by atoms with E-state index in [0.717, 1.165) is 19.2 Å². The van der Waals surface area contributed by atoms with Crippen LogP contribution in [0.1, 0.15) is 15.9 Å². The quantitative estimate of drug-likeness (QED) is 0.823. The van der Waals surface area contributed by atoms with Crippen LogP contribution < -0.4 is 4.74 Å². The second-order valence-corrected chi connectivity index (χ2v) is 2.98. The third-order valence-electron chi connectivity index (χ3n) is 1.87. The number of carbonyl (C=O) groups excluding carboxylic acids is 1. The van der Waals surface area contributed by atoms with E-state index in [2.05, 4.69) is 9.47 Å². The molecule has 1 aromatic rings. The highest BCUT2D eigenvalue weighted by molar-refractivity contribution is 5.96. The van der Waals surface area contributed by atoms with Crippen molar-refractivity contribution in [3.8, 4) is 17.6 Å². The zero-order valence-electron chi connectivity index (χ0n) is 8.91. The third kappa shape index (κ3) is 2.82. The number of hydrogen-bond acceptors (Lipinski definition) is 5. The molecule has 8 heteroatoms. The van der Waals surface area contributed by atoms with E-state index in [1.165, 1.54) is 6.07 Å². The van der Waals surface area contributed by atoms with Crippen LogP contribution in [0.4, 0.5) is 13.2 Å². The van der Waals surface area contributed by atoms with Crippen molar-refractivity contribution in [2.75, 3.05) is 7.11 Å². The van der Waals surface area contributed by atoms with Gasteiger partial charge in [0.1, 0.15) is 28.7 Å². The Morgan fingerprint density at radius 3 is 2.50 bits per heavy atom. The second kappa shape index (κ2) is 4.83. The van der Waals surface area contributed by atoms with Crippen LogP contribution in [-0.2, 0) is 4.74 Å². The van der Waals surface area contributed by atoms with E-state index in [4.69, 9.17) is 5.26 Å². The van der Waals surface area contributed by atoms with Gasteiger partial charge in [-0.25, -0.2) is 4.79 Å². The Hall–Kier alpha value is -2.43. The number of hydrogen-bond donors (Lipinski definition) is 1. The Morgan fingerprint density at radius 1 is 1.44 bits per heavy atom. The summed E-state index contributed by atoms with van der Waals surface area (Å²) >= 11 is 0. The van der Waals surface area contributed by atoms with Gasteiger partial charge < -0.3 is 14.6 Å². The molecule has 0 bridgehead atoms. The number of halogens is 3. The fourth-order valence-corrected chi connectivity index (χ4v) is 1.20. The van der Waals surface area contributed by atoms with E-state index in [1.807, 2.05) is 0 Å². The van der Waals surface area contributed by atoms with Gasteiger partial charge in [0.05, 0.1) is 7.11 Å². The maximum absolute atomic E-state index is 12.1. The Labute approximate surface area is 99.0 Å². The Balaban J connectivity index is 3.40. The zero-order chi connectivity index (χ0) is 13.9. The summed E-state index contributed by atoms with van der Waals surface area (Å²) < 4.78 is 44.0. The number of phenols is 1. The lowest BCUT2D eigenvalue weighted by Gasteiger charge is -2.12. The van der Waals surface area contributed by atoms with Crippen LogP contribution in [0.5, 0.6) is 11.5 Å². The van der Waals surface area contributed by atoms with Crippen molar-refractivity contribution in [3.05, 3.63) is 23.3 Å². The molecule has 1 N–H and O–H groups in total. The van der Waals surface area contributed by atoms with Crippen molar-refractivity contribution in [3.63, 3.8) is 0 Å². The first kappa shape index (κ1) is 13.6. The van der Waals surface area contributed by atoms with Crippen molar-refractivity contribution in [2.45, 2.75) is 6.36 Å². The molecule has 0 amide bonds. The lowest BCUT2D eigenvalue weighted by Crippen LogP contribution is -2.18. The Morgan fingerprint density at radius 2 is 2.06 bits per heavy atom. The molecule has 0 saturated heterocycles. The summed E-state index contributed by atoms with van der Waals surface area (Å²) in [4.78, 5) is 11.3. The average molecular weight is 261 g/mol. The number of methoxy groups -OCH3 is 1. The second-order valence-electron chi connectivity index (χ2n) is 2.98. The van der Waals surface area contributed by atoms with Crippen LogP contribution >= 0.6 is 0 Å². The third-order valence-corrected chi connectivity index (χ3v) is 1.87. The van der Waals surface area contributed by atoms with Crippen molar-refractivity contribution in [1.82, 2.24) is 0 Å². The van der Waals surface area contributed by atoms with Gasteiger partial charge in [0.25, 0.3) is 0 Å². The minimum absolute atomic E-state index is 0.673. The molecule has 0 aliphatic rings. The van der Waals surface area contributed by atoms with Crippen molar-refractivity contribution in [1.29, 1.82) is 5.26 Å². The first-order valence-electron chi connectivity index (χ1n) is 4.40. The largest absolute Gasteiger partial charge is 0.573 e. The van der Waals surface area contributed by atoms with E-state index in [-0.39, 0.29) is 0 Å². The van der Waals surface area contributed by atoms with Crippen molar-refractivity contribution >= 4 is 5.97 Å². The summed E-state index contributed by atoms with van der Waals surface area (Å²) in [5.41, 5.74) is -1.43. The van der Waals surface area contributed by atoms with Gasteiger partial charge in [0, 0.05) is 0 Å². The monoisotopic (exact) mass is 261 g/mol. The predicted octanol–water partition coefficient (Wildman–Crippen LogP) is 1.95. The van der Waals surface area contributed by atoms with Gasteiger partial charge in [0.15, 0.2) is 0 Å². The minimum atomic E-state index is -5.02. The molecule has 0 saturated carbocycles. The van der Waals surface area contributed by atoms with E-state index < -0.39 is 35.0 Å². The summed E-state index contributed by atoms with van der Waals surface area (Å²) in [7, 11) is 0.959. The predicted molar refractivity (Wildman–Crippen MR) is 50.8 cm³/mol. The minimum Gasteiger partial charge on any atom is -0.507 e. The fourth-order valence-electron chi connectivity index (χ4n) is 1.20. The highest BCUT2D eigenvalue weighted by Gasteiger charge is 2.34. The number of ether oxygens (including phenoxy) is 2. The highest BCUT2D eigenvalue weighted by Crippen LogP contribution is 2.33. The number of rotatable bonds is 2. The number of carbonyl (C=O) groups is 1. The molecule has 1 rings (SSSR count). The topological polar surface area (TPSA) is 79.6 Å². The highest BCUT2D eigenvalue weighted by atomic mass is 19.4. The molecule has 0 radical (unpaired) electrons. The van der Waals surface area contributed by atoms with Crippen LogP contribution in [0, 0.1) is 11.3 Å². The molecule has 0 unspecified atom stereocenters. The van der Waals surface area contributed by atoms with Gasteiger partial charge >= 0.3 is 12.3 Å². The summed E-state index contributed by atoms with van der Waals surface area (Å²) in [6.07, 6.45) is -5.02. The van der Waals surface area contributed by atoms with E-state index in [1.54, 1.807) is 0 Å². The Kier molecular flexibility index (Phi) is 3.66. The smallest absolute Gasteiger partial charge is 0.507 e. The summed E-state index contributed by atoms with van der Waals surface area (Å²) in [5.74, 6) is -2.70. The summed E-state index contributed by atoms with van der Waals surface area (Å²) in [5, 5.41) is 18.1. The molecule has 0 spiro atoms. The summed E-state index contributed by atoms with van der Waals surface area (Å²) in [6, 6.07) is 2.89. The zero-order valence-corrected chi connectivity index (χ0v) is 8.91. The van der Waals surface area contributed by atoms with E-state index in [9.17, 15) is 23.1 Å². The first-order chi connectivity index (χ1) is 8.30. The lowest BCUT2D eigenvalue weighted by atomic mass is 10.1. The molecule has 0 fully saturated rings. The molecule has 5 nitrogen and oxygen atoms in total. The van der Waals surface area contributed by atoms with Crippen LogP contribution in [0.25, 0.3) is 0 Å². The number of aromatic hydroxyl groups is 1. The molecule has 0 aromatic heterocycles. The van der Waals surface area contributed by atoms with Crippen LogP contribution in [0.3, 0.4) is 0 Å². The van der Waals surface area contributed by atoms with Gasteiger partial charge in [-0.1, -0.05) is 0 Å². The van der Waals surface area contributed by atoms with Crippen LogP contribution in [0.2, 0.25) is 0 Å². The number of phenolic OH excluding ortho intramolecular Hbond substituents is 1. The van der Waals surface area contributed by atoms with Gasteiger partial charge in [-0.2, -0.15) is 5.26 Å². The number of esters is 1.